The minimum Gasteiger partial charge on any atom is -0.329 e. The van der Waals surface area contributed by atoms with E-state index in [4.69, 9.17) is 5.73 Å². The number of hydrogen-bond acceptors (Lipinski definition) is 2. The SMILES string of the molecule is CCC1CCC(CN)(NC(C)CC)C1. The third-order valence-corrected chi connectivity index (χ3v) is 3.84. The highest BCUT2D eigenvalue weighted by Gasteiger charge is 2.37. The molecule has 0 spiro atoms. The third kappa shape index (κ3) is 2.71. The van der Waals surface area contributed by atoms with Crippen molar-refractivity contribution in [3.63, 3.8) is 0 Å². The molecule has 0 radical (unpaired) electrons. The van der Waals surface area contributed by atoms with Crippen molar-refractivity contribution >= 4 is 0 Å². The van der Waals surface area contributed by atoms with E-state index in [9.17, 15) is 0 Å². The van der Waals surface area contributed by atoms with E-state index in [2.05, 4.69) is 26.1 Å². The van der Waals surface area contributed by atoms with E-state index in [0.29, 0.717) is 6.04 Å². The highest BCUT2D eigenvalue weighted by atomic mass is 15.0. The Labute approximate surface area is 88.6 Å². The second-order valence-corrected chi connectivity index (χ2v) is 4.96. The van der Waals surface area contributed by atoms with E-state index < -0.39 is 0 Å². The Morgan fingerprint density at radius 3 is 2.64 bits per heavy atom. The molecule has 0 saturated heterocycles. The molecule has 1 saturated carbocycles. The van der Waals surface area contributed by atoms with Gasteiger partial charge in [0.05, 0.1) is 0 Å². The summed E-state index contributed by atoms with van der Waals surface area (Å²) in [6.45, 7) is 7.58. The summed E-state index contributed by atoms with van der Waals surface area (Å²) in [6, 6.07) is 0.606. The second-order valence-electron chi connectivity index (χ2n) is 4.96. The Balaban J connectivity index is 2.51. The highest BCUT2D eigenvalue weighted by molar-refractivity contribution is 4.97. The molecule has 1 fully saturated rings. The Kier molecular flexibility index (Phi) is 4.39. The predicted octanol–water partition coefficient (Wildman–Crippen LogP) is 2.28. The summed E-state index contributed by atoms with van der Waals surface area (Å²) in [7, 11) is 0. The Bertz CT molecular complexity index is 170. The van der Waals surface area contributed by atoms with Gasteiger partial charge < -0.3 is 11.1 Å². The summed E-state index contributed by atoms with van der Waals surface area (Å²) in [4.78, 5) is 0. The van der Waals surface area contributed by atoms with Gasteiger partial charge in [-0.05, 0) is 38.5 Å². The summed E-state index contributed by atoms with van der Waals surface area (Å²) in [6.07, 6.45) is 6.41. The first-order valence-electron chi connectivity index (χ1n) is 6.13. The molecule has 2 nitrogen and oxygen atoms in total. The van der Waals surface area contributed by atoms with E-state index in [1.807, 2.05) is 0 Å². The molecule has 0 heterocycles. The van der Waals surface area contributed by atoms with Gasteiger partial charge in [0.25, 0.3) is 0 Å². The van der Waals surface area contributed by atoms with Crippen LogP contribution in [0, 0.1) is 5.92 Å². The lowest BCUT2D eigenvalue weighted by atomic mass is 9.94. The third-order valence-electron chi connectivity index (χ3n) is 3.84. The van der Waals surface area contributed by atoms with Crippen LogP contribution in [0.15, 0.2) is 0 Å². The van der Waals surface area contributed by atoms with Crippen molar-refractivity contribution in [2.45, 2.75) is 64.5 Å². The molecule has 14 heavy (non-hydrogen) atoms. The van der Waals surface area contributed by atoms with Gasteiger partial charge in [-0.1, -0.05) is 20.3 Å². The van der Waals surface area contributed by atoms with Crippen LogP contribution >= 0.6 is 0 Å². The smallest absolute Gasteiger partial charge is 0.0309 e. The zero-order chi connectivity index (χ0) is 10.6. The summed E-state index contributed by atoms with van der Waals surface area (Å²) >= 11 is 0. The molecule has 0 aromatic rings. The molecule has 1 rings (SSSR count). The fourth-order valence-corrected chi connectivity index (χ4v) is 2.59. The monoisotopic (exact) mass is 198 g/mol. The molecule has 2 heteroatoms. The molecule has 0 amide bonds. The quantitative estimate of drug-likeness (QED) is 0.711. The molecule has 3 atom stereocenters. The van der Waals surface area contributed by atoms with Crippen LogP contribution in [-0.2, 0) is 0 Å². The van der Waals surface area contributed by atoms with E-state index in [1.165, 1.54) is 32.1 Å². The lowest BCUT2D eigenvalue weighted by molar-refractivity contribution is 0.289. The Hall–Kier alpha value is -0.0800. The van der Waals surface area contributed by atoms with Crippen LogP contribution in [0.25, 0.3) is 0 Å². The van der Waals surface area contributed by atoms with Gasteiger partial charge in [-0.25, -0.2) is 0 Å². The van der Waals surface area contributed by atoms with Crippen molar-refractivity contribution in [2.75, 3.05) is 6.54 Å². The molecular formula is C12H26N2. The molecule has 3 N–H and O–H groups in total. The summed E-state index contributed by atoms with van der Waals surface area (Å²) in [5.41, 5.74) is 6.19. The van der Waals surface area contributed by atoms with Gasteiger partial charge in [0.15, 0.2) is 0 Å². The van der Waals surface area contributed by atoms with Gasteiger partial charge in [-0.2, -0.15) is 0 Å². The highest BCUT2D eigenvalue weighted by Crippen LogP contribution is 2.36. The minimum atomic E-state index is 0.260. The number of hydrogen-bond donors (Lipinski definition) is 2. The summed E-state index contributed by atoms with van der Waals surface area (Å²) in [5, 5.41) is 3.73. The average Bonchev–Trinajstić information content (AvgIpc) is 2.62. The van der Waals surface area contributed by atoms with Gasteiger partial charge in [0.2, 0.25) is 0 Å². The lowest BCUT2D eigenvalue weighted by Gasteiger charge is -2.32. The maximum Gasteiger partial charge on any atom is 0.0309 e. The zero-order valence-electron chi connectivity index (χ0n) is 9.97. The number of nitrogens with two attached hydrogens (primary N) is 1. The molecule has 84 valence electrons. The molecule has 0 aromatic carbocycles. The Morgan fingerprint density at radius 2 is 2.21 bits per heavy atom. The fourth-order valence-electron chi connectivity index (χ4n) is 2.59. The molecule has 3 unspecified atom stereocenters. The first-order valence-corrected chi connectivity index (χ1v) is 6.13. The molecule has 1 aliphatic rings. The van der Waals surface area contributed by atoms with Crippen LogP contribution in [0.3, 0.4) is 0 Å². The van der Waals surface area contributed by atoms with Crippen LogP contribution in [0.5, 0.6) is 0 Å². The molecule has 0 aromatic heterocycles. The maximum absolute atomic E-state index is 5.93. The van der Waals surface area contributed by atoms with Crippen molar-refractivity contribution in [3.8, 4) is 0 Å². The van der Waals surface area contributed by atoms with Gasteiger partial charge in [-0.15, -0.1) is 0 Å². The largest absolute Gasteiger partial charge is 0.329 e. The van der Waals surface area contributed by atoms with Gasteiger partial charge >= 0.3 is 0 Å². The van der Waals surface area contributed by atoms with Crippen LogP contribution < -0.4 is 11.1 Å². The van der Waals surface area contributed by atoms with E-state index in [0.717, 1.165) is 12.5 Å². The van der Waals surface area contributed by atoms with Crippen molar-refractivity contribution in [2.24, 2.45) is 11.7 Å². The van der Waals surface area contributed by atoms with Crippen LogP contribution in [0.4, 0.5) is 0 Å². The normalized spacial score (nSPS) is 34.7. The van der Waals surface area contributed by atoms with Crippen LogP contribution in [-0.4, -0.2) is 18.1 Å². The maximum atomic E-state index is 5.93. The average molecular weight is 198 g/mol. The number of nitrogens with one attached hydrogen (secondary N) is 1. The molecule has 1 aliphatic carbocycles. The minimum absolute atomic E-state index is 0.260. The van der Waals surface area contributed by atoms with E-state index in [1.54, 1.807) is 0 Å². The van der Waals surface area contributed by atoms with Crippen molar-refractivity contribution in [3.05, 3.63) is 0 Å². The molecule has 0 aliphatic heterocycles. The van der Waals surface area contributed by atoms with Crippen molar-refractivity contribution < 1.29 is 0 Å². The van der Waals surface area contributed by atoms with Crippen molar-refractivity contribution in [1.82, 2.24) is 5.32 Å². The van der Waals surface area contributed by atoms with E-state index in [-0.39, 0.29) is 5.54 Å². The van der Waals surface area contributed by atoms with Gasteiger partial charge in [0, 0.05) is 18.1 Å². The topological polar surface area (TPSA) is 38.0 Å². The second kappa shape index (κ2) is 5.13. The van der Waals surface area contributed by atoms with Gasteiger partial charge in [-0.3, -0.25) is 0 Å². The van der Waals surface area contributed by atoms with Crippen LogP contribution in [0.2, 0.25) is 0 Å². The predicted molar refractivity (Wildman–Crippen MR) is 62.3 cm³/mol. The van der Waals surface area contributed by atoms with E-state index >= 15 is 0 Å². The summed E-state index contributed by atoms with van der Waals surface area (Å²) < 4.78 is 0. The zero-order valence-corrected chi connectivity index (χ0v) is 9.97. The van der Waals surface area contributed by atoms with Gasteiger partial charge in [0.1, 0.15) is 0 Å². The standard InChI is InChI=1S/C12H26N2/c1-4-10(3)14-12(9-13)7-6-11(5-2)8-12/h10-11,14H,4-9,13H2,1-3H3. The first kappa shape index (κ1) is 12.0. The summed E-state index contributed by atoms with van der Waals surface area (Å²) in [5.74, 6) is 0.898. The Morgan fingerprint density at radius 1 is 1.50 bits per heavy atom. The fraction of sp³-hybridized carbons (Fsp3) is 1.00. The first-order chi connectivity index (χ1) is 6.65. The van der Waals surface area contributed by atoms with Crippen molar-refractivity contribution in [1.29, 1.82) is 0 Å². The molecule has 0 bridgehead atoms. The lowest BCUT2D eigenvalue weighted by Crippen LogP contribution is -2.52. The number of rotatable bonds is 5. The van der Waals surface area contributed by atoms with Crippen LogP contribution in [0.1, 0.15) is 52.9 Å². The molecular weight excluding hydrogens is 172 g/mol.